The van der Waals surface area contributed by atoms with Crippen molar-refractivity contribution in [3.63, 3.8) is 0 Å². The van der Waals surface area contributed by atoms with Crippen LogP contribution in [-0.4, -0.2) is 37.5 Å². The van der Waals surface area contributed by atoms with Gasteiger partial charge in [0.05, 0.1) is 13.6 Å². The first-order valence-electron chi connectivity index (χ1n) is 14.7. The molecule has 0 radical (unpaired) electrons. The zero-order chi connectivity index (χ0) is 27.7. The van der Waals surface area contributed by atoms with Crippen molar-refractivity contribution in [2.24, 2.45) is 7.05 Å². The SMILES string of the molecule is CC[Si](CC)(CC)OC(c1ccccc1)(c1ccccc1)[C@@H]1C[C@@H](OC(=O)CCCCn2cc[n+](C)c2)CN1. The molecule has 0 unspecified atom stereocenters. The number of hydrogen-bond acceptors (Lipinski definition) is 4. The number of nitrogens with one attached hydrogen (secondary N) is 1. The molecule has 1 aliphatic heterocycles. The molecule has 3 aromatic rings. The molecule has 1 fully saturated rings. The van der Waals surface area contributed by atoms with Crippen LogP contribution in [0, 0.1) is 0 Å². The Labute approximate surface area is 235 Å². The van der Waals surface area contributed by atoms with Gasteiger partial charge in [0.25, 0.3) is 0 Å². The van der Waals surface area contributed by atoms with Gasteiger partial charge in [-0.1, -0.05) is 81.4 Å². The van der Waals surface area contributed by atoms with Crippen LogP contribution in [0.1, 0.15) is 57.6 Å². The molecule has 2 aromatic carbocycles. The van der Waals surface area contributed by atoms with Crippen LogP contribution in [0.15, 0.2) is 79.4 Å². The number of carbonyl (C=O) groups excluding carboxylic acids is 1. The first-order valence-corrected chi connectivity index (χ1v) is 17.2. The van der Waals surface area contributed by atoms with E-state index in [2.05, 4.69) is 104 Å². The predicted octanol–water partition coefficient (Wildman–Crippen LogP) is 5.72. The van der Waals surface area contributed by atoms with Crippen molar-refractivity contribution in [2.45, 2.75) is 88.9 Å². The van der Waals surface area contributed by atoms with Gasteiger partial charge < -0.3 is 14.5 Å². The van der Waals surface area contributed by atoms with Crippen LogP contribution in [0.4, 0.5) is 0 Å². The fourth-order valence-electron chi connectivity index (χ4n) is 5.98. The molecule has 4 rings (SSSR count). The number of esters is 1. The number of hydrogen-bond donors (Lipinski definition) is 1. The number of benzene rings is 2. The molecule has 0 spiro atoms. The van der Waals surface area contributed by atoms with Gasteiger partial charge in [-0.2, -0.15) is 0 Å². The Morgan fingerprint density at radius 1 is 1.00 bits per heavy atom. The molecular weight excluding hydrogens is 502 g/mol. The van der Waals surface area contributed by atoms with Crippen LogP contribution in [-0.2, 0) is 33.2 Å². The highest BCUT2D eigenvalue weighted by Gasteiger charge is 2.51. The van der Waals surface area contributed by atoms with Crippen molar-refractivity contribution < 1.29 is 18.5 Å². The van der Waals surface area contributed by atoms with Gasteiger partial charge in [-0.25, -0.2) is 9.13 Å². The molecule has 1 saturated heterocycles. The standard InChI is InChI=1S/C32H46N3O3Si/c1-5-39(6-2,7-3)38-32(27-16-10-8-11-17-27,28-18-12-9-13-19-28)30-24-29(25-33-30)37-31(36)20-14-15-21-35-23-22-34(4)26-35/h8-13,16-19,22-23,26,29-30,33H,5-7,14-15,20-21,24-25H2,1-4H3/q+1/t29-,30+/m1/s1. The molecule has 210 valence electrons. The van der Waals surface area contributed by atoms with E-state index < -0.39 is 13.9 Å². The molecule has 1 aliphatic rings. The molecule has 0 amide bonds. The van der Waals surface area contributed by atoms with Crippen molar-refractivity contribution in [2.75, 3.05) is 6.54 Å². The summed E-state index contributed by atoms with van der Waals surface area (Å²) in [6.07, 6.45) is 8.92. The third-order valence-corrected chi connectivity index (χ3v) is 13.1. The Morgan fingerprint density at radius 2 is 1.62 bits per heavy atom. The van der Waals surface area contributed by atoms with Crippen LogP contribution in [0.5, 0.6) is 0 Å². The van der Waals surface area contributed by atoms with Gasteiger partial charge >= 0.3 is 5.97 Å². The number of aromatic nitrogens is 2. The van der Waals surface area contributed by atoms with E-state index in [-0.39, 0.29) is 18.1 Å². The summed E-state index contributed by atoms with van der Waals surface area (Å²) in [6.45, 7) is 8.39. The Bertz CT molecular complexity index is 1120. The zero-order valence-corrected chi connectivity index (χ0v) is 25.1. The number of ether oxygens (including phenoxy) is 1. The number of carbonyl (C=O) groups is 1. The number of nitrogens with zero attached hydrogens (tertiary/aromatic N) is 2. The van der Waals surface area contributed by atoms with Crippen molar-refractivity contribution in [3.8, 4) is 0 Å². The van der Waals surface area contributed by atoms with Crippen molar-refractivity contribution in [3.05, 3.63) is 90.5 Å². The van der Waals surface area contributed by atoms with Gasteiger partial charge in [-0.05, 0) is 42.1 Å². The van der Waals surface area contributed by atoms with Gasteiger partial charge in [0.2, 0.25) is 6.33 Å². The van der Waals surface area contributed by atoms with Crippen LogP contribution < -0.4 is 9.88 Å². The van der Waals surface area contributed by atoms with E-state index in [1.165, 1.54) is 0 Å². The highest BCUT2D eigenvalue weighted by atomic mass is 28.4. The third-order valence-electron chi connectivity index (χ3n) is 8.47. The topological polar surface area (TPSA) is 56.4 Å². The van der Waals surface area contributed by atoms with E-state index in [1.54, 1.807) is 0 Å². The molecule has 6 nitrogen and oxygen atoms in total. The van der Waals surface area contributed by atoms with Crippen molar-refractivity contribution in [1.82, 2.24) is 9.88 Å². The molecule has 1 aromatic heterocycles. The maximum absolute atomic E-state index is 12.8. The summed E-state index contributed by atoms with van der Waals surface area (Å²) in [7, 11) is -0.0247. The minimum atomic E-state index is -2.04. The average Bonchev–Trinajstić information content (AvgIpc) is 3.62. The Hall–Kier alpha value is -2.74. The Morgan fingerprint density at radius 3 is 2.15 bits per heavy atom. The van der Waals surface area contributed by atoms with Crippen molar-refractivity contribution in [1.29, 1.82) is 0 Å². The fraction of sp³-hybridized carbons (Fsp3) is 0.500. The summed E-state index contributed by atoms with van der Waals surface area (Å²) < 4.78 is 17.7. The minimum absolute atomic E-state index is 0.00824. The molecule has 7 heteroatoms. The molecule has 39 heavy (non-hydrogen) atoms. The quantitative estimate of drug-likeness (QED) is 0.121. The molecule has 2 heterocycles. The number of imidazole rings is 1. The second-order valence-corrected chi connectivity index (χ2v) is 15.6. The van der Waals surface area contributed by atoms with E-state index in [9.17, 15) is 4.79 Å². The molecule has 1 N–H and O–H groups in total. The van der Waals surface area contributed by atoms with E-state index in [1.807, 2.05) is 17.8 Å². The van der Waals surface area contributed by atoms with Crippen LogP contribution in [0.25, 0.3) is 0 Å². The maximum Gasteiger partial charge on any atom is 0.306 e. The monoisotopic (exact) mass is 548 g/mol. The lowest BCUT2D eigenvalue weighted by Gasteiger charge is -2.47. The van der Waals surface area contributed by atoms with E-state index in [4.69, 9.17) is 9.16 Å². The summed E-state index contributed by atoms with van der Waals surface area (Å²) in [5.74, 6) is -0.106. The molecule has 0 saturated carbocycles. The van der Waals surface area contributed by atoms with E-state index in [0.717, 1.165) is 55.1 Å². The lowest BCUT2D eigenvalue weighted by molar-refractivity contribution is -0.671. The van der Waals surface area contributed by atoms with Crippen LogP contribution >= 0.6 is 0 Å². The zero-order valence-electron chi connectivity index (χ0n) is 24.1. The van der Waals surface area contributed by atoms with Crippen LogP contribution in [0.2, 0.25) is 18.1 Å². The normalized spacial score (nSPS) is 17.8. The average molecular weight is 549 g/mol. The smallest absolute Gasteiger partial charge is 0.306 e. The third kappa shape index (κ3) is 6.89. The molecular formula is C32H46N3O3Si+. The summed E-state index contributed by atoms with van der Waals surface area (Å²) in [4.78, 5) is 12.8. The lowest BCUT2D eigenvalue weighted by Crippen LogP contribution is -2.55. The maximum atomic E-state index is 12.8. The summed E-state index contributed by atoms with van der Waals surface area (Å²) >= 11 is 0. The molecule has 2 atom stereocenters. The van der Waals surface area contributed by atoms with Gasteiger partial charge in [-0.3, -0.25) is 4.79 Å². The van der Waals surface area contributed by atoms with Crippen molar-refractivity contribution >= 4 is 14.3 Å². The molecule has 0 aliphatic carbocycles. The molecule has 0 bridgehead atoms. The summed E-state index contributed by atoms with van der Waals surface area (Å²) in [5.41, 5.74) is 1.67. The largest absolute Gasteiger partial charge is 0.461 e. The highest BCUT2D eigenvalue weighted by molar-refractivity contribution is 6.73. The number of aryl methyl sites for hydroxylation is 2. The fourth-order valence-corrected chi connectivity index (χ4v) is 8.98. The van der Waals surface area contributed by atoms with E-state index in [0.29, 0.717) is 13.0 Å². The first kappa shape index (κ1) is 29.2. The van der Waals surface area contributed by atoms with Gasteiger partial charge in [0.1, 0.15) is 24.1 Å². The first-order chi connectivity index (χ1) is 18.9. The number of unbranched alkanes of at least 4 members (excludes halogenated alkanes) is 1. The Balaban J connectivity index is 1.51. The Kier molecular flexibility index (Phi) is 10.2. The summed E-state index contributed by atoms with van der Waals surface area (Å²) in [5, 5.41) is 3.75. The highest BCUT2D eigenvalue weighted by Crippen LogP contribution is 2.44. The second-order valence-electron chi connectivity index (χ2n) is 10.9. The predicted molar refractivity (Wildman–Crippen MR) is 158 cm³/mol. The minimum Gasteiger partial charge on any atom is -0.461 e. The van der Waals surface area contributed by atoms with Gasteiger partial charge in [0, 0.05) is 25.4 Å². The second kappa shape index (κ2) is 13.6. The number of rotatable bonds is 14. The lowest BCUT2D eigenvalue weighted by atomic mass is 9.79. The van der Waals surface area contributed by atoms with Gasteiger partial charge in [-0.15, -0.1) is 0 Å². The van der Waals surface area contributed by atoms with E-state index >= 15 is 0 Å². The van der Waals surface area contributed by atoms with Gasteiger partial charge in [0.15, 0.2) is 8.32 Å². The van der Waals surface area contributed by atoms with Crippen LogP contribution in [0.3, 0.4) is 0 Å². The summed E-state index contributed by atoms with van der Waals surface area (Å²) in [6, 6.07) is 24.5.